The number of rotatable bonds is 5. The molecule has 3 aromatic carbocycles. The molecule has 0 atom stereocenters. The highest BCUT2D eigenvalue weighted by Crippen LogP contribution is 2.16. The molecule has 1 N–H and O–H groups in total. The van der Waals surface area contributed by atoms with E-state index < -0.39 is 20.7 Å². The lowest BCUT2D eigenvalue weighted by atomic mass is 10.1. The van der Waals surface area contributed by atoms with Crippen molar-refractivity contribution in [3.05, 3.63) is 96.6 Å². The third-order valence-electron chi connectivity index (χ3n) is 3.60. The average molecular weight is 364 g/mol. The maximum Gasteiger partial charge on any atom is 0.229 e. The van der Waals surface area contributed by atoms with E-state index in [1.165, 1.54) is 12.1 Å². The van der Waals surface area contributed by atoms with Gasteiger partial charge in [0.25, 0.3) is 0 Å². The van der Waals surface area contributed by atoms with E-state index in [2.05, 4.69) is 10.5 Å². The van der Waals surface area contributed by atoms with Gasteiger partial charge in [-0.25, -0.2) is 8.42 Å². The Bertz CT molecular complexity index is 1020. The standard InChI is InChI=1S/C20H16N2O3S/c23-19(16-10-4-1-5-11-16)20(22-21-17-12-6-2-7-13-17)26(24,25)18-14-8-3-9-15-18/h1-15,21H. The number of para-hydroxylation sites is 1. The Labute approximate surface area is 151 Å². The number of benzene rings is 3. The summed E-state index contributed by atoms with van der Waals surface area (Å²) in [5, 5.41) is 3.39. The van der Waals surface area contributed by atoms with Gasteiger partial charge in [-0.1, -0.05) is 66.7 Å². The number of carbonyl (C=O) groups is 1. The molecule has 0 unspecified atom stereocenters. The van der Waals surface area contributed by atoms with Gasteiger partial charge in [0.15, 0.2) is 0 Å². The molecule has 0 aromatic heterocycles. The van der Waals surface area contributed by atoms with Crippen molar-refractivity contribution in [2.75, 3.05) is 5.43 Å². The number of anilines is 1. The summed E-state index contributed by atoms with van der Waals surface area (Å²) in [5.41, 5.74) is 3.49. The Morgan fingerprint density at radius 2 is 1.23 bits per heavy atom. The molecule has 0 spiro atoms. The number of hydrogen-bond donors (Lipinski definition) is 1. The predicted molar refractivity (Wildman–Crippen MR) is 102 cm³/mol. The molecule has 0 fully saturated rings. The van der Waals surface area contributed by atoms with Crippen LogP contribution in [0, 0.1) is 0 Å². The van der Waals surface area contributed by atoms with Crippen LogP contribution in [0.25, 0.3) is 0 Å². The Morgan fingerprint density at radius 3 is 1.81 bits per heavy atom. The maximum absolute atomic E-state index is 13.0. The minimum atomic E-state index is -4.08. The second-order valence-electron chi connectivity index (χ2n) is 5.41. The first kappa shape index (κ1) is 17.6. The molecule has 0 saturated carbocycles. The average Bonchev–Trinajstić information content (AvgIpc) is 2.70. The van der Waals surface area contributed by atoms with Crippen LogP contribution >= 0.6 is 0 Å². The molecule has 5 nitrogen and oxygen atoms in total. The number of nitrogens with one attached hydrogen (secondary N) is 1. The number of ketones is 1. The third-order valence-corrected chi connectivity index (χ3v) is 5.28. The van der Waals surface area contributed by atoms with E-state index in [-0.39, 0.29) is 10.5 Å². The predicted octanol–water partition coefficient (Wildman–Crippen LogP) is 3.77. The summed E-state index contributed by atoms with van der Waals surface area (Å²) in [6, 6.07) is 24.8. The van der Waals surface area contributed by atoms with Gasteiger partial charge in [-0.3, -0.25) is 10.2 Å². The van der Waals surface area contributed by atoms with Crippen LogP contribution in [0.15, 0.2) is 101 Å². The minimum Gasteiger partial charge on any atom is -0.286 e. The van der Waals surface area contributed by atoms with Crippen LogP contribution in [0.3, 0.4) is 0 Å². The summed E-state index contributed by atoms with van der Waals surface area (Å²) < 4.78 is 26.0. The molecule has 3 aromatic rings. The topological polar surface area (TPSA) is 75.6 Å². The van der Waals surface area contributed by atoms with E-state index in [4.69, 9.17) is 0 Å². The molecule has 3 rings (SSSR count). The van der Waals surface area contributed by atoms with Crippen LogP contribution in [0.5, 0.6) is 0 Å². The highest BCUT2D eigenvalue weighted by atomic mass is 32.2. The fraction of sp³-hybridized carbons (Fsp3) is 0. The fourth-order valence-corrected chi connectivity index (χ4v) is 3.55. The van der Waals surface area contributed by atoms with Crippen LogP contribution < -0.4 is 5.43 Å². The molecule has 0 heterocycles. The van der Waals surface area contributed by atoms with E-state index >= 15 is 0 Å². The molecular formula is C20H16N2O3S. The molecule has 0 aliphatic heterocycles. The second kappa shape index (κ2) is 7.76. The fourth-order valence-electron chi connectivity index (χ4n) is 2.29. The lowest BCUT2D eigenvalue weighted by Crippen LogP contribution is -2.26. The summed E-state index contributed by atoms with van der Waals surface area (Å²) in [6.45, 7) is 0. The van der Waals surface area contributed by atoms with Crippen LogP contribution in [-0.2, 0) is 9.84 Å². The van der Waals surface area contributed by atoms with E-state index in [1.807, 2.05) is 6.07 Å². The number of Topliss-reactive ketones (excluding diaryl/α,β-unsaturated/α-hetero) is 1. The minimum absolute atomic E-state index is 0.0119. The first-order chi connectivity index (χ1) is 12.6. The molecule has 0 bridgehead atoms. The Kier molecular flexibility index (Phi) is 5.24. The van der Waals surface area contributed by atoms with Crippen LogP contribution in [0.1, 0.15) is 10.4 Å². The highest BCUT2D eigenvalue weighted by molar-refractivity contribution is 8.08. The summed E-state index contributed by atoms with van der Waals surface area (Å²) in [5.74, 6) is -0.669. The maximum atomic E-state index is 13.0. The van der Waals surface area contributed by atoms with Gasteiger partial charge in [0.05, 0.1) is 10.6 Å². The Morgan fingerprint density at radius 1 is 0.731 bits per heavy atom. The van der Waals surface area contributed by atoms with Crippen molar-refractivity contribution in [3.63, 3.8) is 0 Å². The lowest BCUT2D eigenvalue weighted by Gasteiger charge is -2.09. The SMILES string of the molecule is O=C(C(=NNc1ccccc1)S(=O)(=O)c1ccccc1)c1ccccc1. The van der Waals surface area contributed by atoms with Gasteiger partial charge in [-0.15, -0.1) is 0 Å². The largest absolute Gasteiger partial charge is 0.286 e. The summed E-state index contributed by atoms with van der Waals surface area (Å²) in [4.78, 5) is 12.8. The number of hydrogen-bond acceptors (Lipinski definition) is 5. The summed E-state index contributed by atoms with van der Waals surface area (Å²) >= 11 is 0. The zero-order valence-corrected chi connectivity index (χ0v) is 14.6. The number of hydrazone groups is 1. The monoisotopic (exact) mass is 364 g/mol. The van der Waals surface area contributed by atoms with Crippen molar-refractivity contribution in [1.29, 1.82) is 0 Å². The van der Waals surface area contributed by atoms with Gasteiger partial charge in [0, 0.05) is 5.56 Å². The molecule has 6 heteroatoms. The number of nitrogens with zero attached hydrogens (tertiary/aromatic N) is 1. The van der Waals surface area contributed by atoms with Crippen LogP contribution in [0.4, 0.5) is 5.69 Å². The molecule has 130 valence electrons. The van der Waals surface area contributed by atoms with Gasteiger partial charge in [-0.05, 0) is 24.3 Å². The van der Waals surface area contributed by atoms with Crippen LogP contribution in [-0.4, -0.2) is 19.2 Å². The van der Waals surface area contributed by atoms with Gasteiger partial charge in [0.2, 0.25) is 20.7 Å². The number of sulfone groups is 1. The van der Waals surface area contributed by atoms with Crippen molar-refractivity contribution in [3.8, 4) is 0 Å². The summed E-state index contributed by atoms with van der Waals surface area (Å²) in [7, 11) is -4.08. The van der Waals surface area contributed by atoms with Crippen molar-refractivity contribution >= 4 is 26.4 Å². The van der Waals surface area contributed by atoms with Crippen molar-refractivity contribution in [2.24, 2.45) is 5.10 Å². The number of carbonyl (C=O) groups excluding carboxylic acids is 1. The Hall–Kier alpha value is -3.25. The van der Waals surface area contributed by atoms with Gasteiger partial charge in [0.1, 0.15) is 0 Å². The van der Waals surface area contributed by atoms with Crippen LogP contribution in [0.2, 0.25) is 0 Å². The zero-order valence-electron chi connectivity index (χ0n) is 13.7. The smallest absolute Gasteiger partial charge is 0.229 e. The van der Waals surface area contributed by atoms with Crippen molar-refractivity contribution in [2.45, 2.75) is 4.90 Å². The molecule has 0 aliphatic carbocycles. The quantitative estimate of drug-likeness (QED) is 0.324. The molecule has 0 aliphatic rings. The highest BCUT2D eigenvalue weighted by Gasteiger charge is 2.30. The molecule has 0 amide bonds. The van der Waals surface area contributed by atoms with E-state index in [0.717, 1.165) is 0 Å². The van der Waals surface area contributed by atoms with E-state index in [1.54, 1.807) is 72.8 Å². The molecule has 0 radical (unpaired) electrons. The normalized spacial score (nSPS) is 11.8. The van der Waals surface area contributed by atoms with Crippen molar-refractivity contribution < 1.29 is 13.2 Å². The second-order valence-corrected chi connectivity index (χ2v) is 7.27. The van der Waals surface area contributed by atoms with E-state index in [0.29, 0.717) is 5.69 Å². The molecular weight excluding hydrogens is 348 g/mol. The van der Waals surface area contributed by atoms with Gasteiger partial charge >= 0.3 is 0 Å². The molecule has 0 saturated heterocycles. The first-order valence-corrected chi connectivity index (χ1v) is 9.36. The van der Waals surface area contributed by atoms with E-state index in [9.17, 15) is 13.2 Å². The summed E-state index contributed by atoms with van der Waals surface area (Å²) in [6.07, 6.45) is 0. The van der Waals surface area contributed by atoms with Gasteiger partial charge in [-0.2, -0.15) is 5.10 Å². The third kappa shape index (κ3) is 3.87. The van der Waals surface area contributed by atoms with Gasteiger partial charge < -0.3 is 0 Å². The zero-order chi connectivity index (χ0) is 18.4. The molecule has 26 heavy (non-hydrogen) atoms. The Balaban J connectivity index is 2.06. The van der Waals surface area contributed by atoms with Crippen molar-refractivity contribution in [1.82, 2.24) is 0 Å². The first-order valence-electron chi connectivity index (χ1n) is 7.87. The lowest BCUT2D eigenvalue weighted by molar-refractivity contribution is 0.106.